The van der Waals surface area contributed by atoms with Gasteiger partial charge in [0.25, 0.3) is 0 Å². The highest BCUT2D eigenvalue weighted by atomic mass is 19.1. The average Bonchev–Trinajstić information content (AvgIpc) is 3.39. The number of benzene rings is 1. The number of para-hydroxylation sites is 1. The van der Waals surface area contributed by atoms with Crippen molar-refractivity contribution in [3.05, 3.63) is 54.7 Å². The van der Waals surface area contributed by atoms with Gasteiger partial charge in [-0.1, -0.05) is 12.1 Å². The van der Waals surface area contributed by atoms with Crippen LogP contribution in [0.25, 0.3) is 22.2 Å². The number of fused-ring (bicyclic) bond motifs is 1. The lowest BCUT2D eigenvalue weighted by atomic mass is 9.93. The number of halogens is 1. The maximum absolute atomic E-state index is 14.0. The molecule has 8 heteroatoms. The number of rotatable bonds is 6. The Morgan fingerprint density at radius 3 is 2.69 bits per heavy atom. The maximum atomic E-state index is 14.0. The molecule has 1 saturated carbocycles. The van der Waals surface area contributed by atoms with Gasteiger partial charge in [-0.25, -0.2) is 9.37 Å². The third-order valence-corrected chi connectivity index (χ3v) is 6.05. The SMILES string of the molecule is CCNc1cc2c(cn1)c(-c1cnn(C)c1)nn2[C@H]1CC[C@@H](Oc2ccccc2F)CC1. The van der Waals surface area contributed by atoms with Crippen LogP contribution in [-0.4, -0.2) is 37.2 Å². The number of hydrogen-bond acceptors (Lipinski definition) is 5. The van der Waals surface area contributed by atoms with Crippen molar-refractivity contribution in [2.45, 2.75) is 44.8 Å². The Balaban J connectivity index is 1.42. The highest BCUT2D eigenvalue weighted by Gasteiger charge is 2.27. The van der Waals surface area contributed by atoms with Crippen LogP contribution >= 0.6 is 0 Å². The minimum absolute atomic E-state index is 0.0155. The van der Waals surface area contributed by atoms with Crippen molar-refractivity contribution < 1.29 is 9.13 Å². The van der Waals surface area contributed by atoms with Crippen molar-refractivity contribution in [3.8, 4) is 17.0 Å². The van der Waals surface area contributed by atoms with E-state index in [9.17, 15) is 4.39 Å². The highest BCUT2D eigenvalue weighted by molar-refractivity contribution is 5.93. The quantitative estimate of drug-likeness (QED) is 0.464. The largest absolute Gasteiger partial charge is 0.487 e. The second-order valence-corrected chi connectivity index (χ2v) is 8.29. The first kappa shape index (κ1) is 20.5. The molecule has 0 saturated heterocycles. The Labute approximate surface area is 186 Å². The van der Waals surface area contributed by atoms with Gasteiger partial charge in [-0.05, 0) is 44.7 Å². The van der Waals surface area contributed by atoms with Crippen LogP contribution in [0.1, 0.15) is 38.6 Å². The summed E-state index contributed by atoms with van der Waals surface area (Å²) in [5, 5.41) is 13.6. The number of ether oxygens (including phenoxy) is 1. The van der Waals surface area contributed by atoms with Crippen LogP contribution in [0.4, 0.5) is 10.2 Å². The molecule has 0 atom stereocenters. The Morgan fingerprint density at radius 2 is 1.97 bits per heavy atom. The topological polar surface area (TPSA) is 69.8 Å². The fraction of sp³-hybridized carbons (Fsp3) is 0.375. The standard InChI is InChI=1S/C24H27FN6O/c1-3-26-23-12-21-19(14-27-23)24(16-13-28-30(2)15-16)29-31(21)17-8-10-18(11-9-17)32-22-7-5-4-6-20(22)25/h4-7,12-15,17-18H,3,8-11H2,1-2H3,(H,26,27)/t17-,18+. The number of anilines is 1. The van der Waals surface area contributed by atoms with E-state index in [2.05, 4.69) is 33.1 Å². The summed E-state index contributed by atoms with van der Waals surface area (Å²) in [5.41, 5.74) is 2.94. The number of hydrogen-bond donors (Lipinski definition) is 1. The van der Waals surface area contributed by atoms with Gasteiger partial charge in [-0.2, -0.15) is 10.2 Å². The molecule has 0 amide bonds. The molecule has 1 N–H and O–H groups in total. The van der Waals surface area contributed by atoms with E-state index in [0.29, 0.717) is 5.75 Å². The molecule has 1 aliphatic rings. The Bertz CT molecular complexity index is 1220. The molecule has 4 aromatic rings. The normalized spacial score (nSPS) is 18.7. The van der Waals surface area contributed by atoms with Crippen molar-refractivity contribution in [2.75, 3.05) is 11.9 Å². The number of nitrogens with one attached hydrogen (secondary N) is 1. The van der Waals surface area contributed by atoms with Crippen LogP contribution in [0, 0.1) is 5.82 Å². The van der Waals surface area contributed by atoms with Crippen LogP contribution in [0.3, 0.4) is 0 Å². The zero-order chi connectivity index (χ0) is 22.1. The van der Waals surface area contributed by atoms with Gasteiger partial charge in [0.15, 0.2) is 11.6 Å². The lowest BCUT2D eigenvalue weighted by molar-refractivity contribution is 0.126. The molecule has 32 heavy (non-hydrogen) atoms. The molecule has 0 radical (unpaired) electrons. The highest BCUT2D eigenvalue weighted by Crippen LogP contribution is 2.36. The van der Waals surface area contributed by atoms with Crippen molar-refractivity contribution in [3.63, 3.8) is 0 Å². The first-order valence-electron chi connectivity index (χ1n) is 11.1. The Kier molecular flexibility index (Phi) is 5.51. The fourth-order valence-corrected chi connectivity index (χ4v) is 4.47. The molecule has 0 bridgehead atoms. The van der Waals surface area contributed by atoms with E-state index in [4.69, 9.17) is 9.84 Å². The second-order valence-electron chi connectivity index (χ2n) is 8.29. The van der Waals surface area contributed by atoms with Gasteiger partial charge in [-0.15, -0.1) is 0 Å². The Morgan fingerprint density at radius 1 is 1.16 bits per heavy atom. The van der Waals surface area contributed by atoms with Gasteiger partial charge in [0.05, 0.1) is 23.9 Å². The van der Waals surface area contributed by atoms with E-state index in [0.717, 1.165) is 60.2 Å². The lowest BCUT2D eigenvalue weighted by Crippen LogP contribution is -2.26. The summed E-state index contributed by atoms with van der Waals surface area (Å²) >= 11 is 0. The Hall–Kier alpha value is -3.42. The molecule has 166 valence electrons. The van der Waals surface area contributed by atoms with E-state index < -0.39 is 0 Å². The zero-order valence-corrected chi connectivity index (χ0v) is 18.3. The van der Waals surface area contributed by atoms with E-state index >= 15 is 0 Å². The molecule has 1 fully saturated rings. The van der Waals surface area contributed by atoms with Crippen LogP contribution in [0.15, 0.2) is 48.9 Å². The van der Waals surface area contributed by atoms with Crippen molar-refractivity contribution in [2.24, 2.45) is 7.05 Å². The van der Waals surface area contributed by atoms with Crippen molar-refractivity contribution in [1.29, 1.82) is 0 Å². The van der Waals surface area contributed by atoms with Gasteiger partial charge >= 0.3 is 0 Å². The molecule has 3 heterocycles. The van der Waals surface area contributed by atoms with Crippen LogP contribution < -0.4 is 10.1 Å². The minimum Gasteiger partial charge on any atom is -0.487 e. The summed E-state index contributed by atoms with van der Waals surface area (Å²) in [6.45, 7) is 2.86. The molecule has 5 rings (SSSR count). The molecule has 1 aromatic carbocycles. The van der Waals surface area contributed by atoms with E-state index in [-0.39, 0.29) is 18.0 Å². The van der Waals surface area contributed by atoms with Crippen LogP contribution in [0.5, 0.6) is 5.75 Å². The summed E-state index contributed by atoms with van der Waals surface area (Å²) in [4.78, 5) is 4.57. The third-order valence-electron chi connectivity index (χ3n) is 6.05. The van der Waals surface area contributed by atoms with Crippen molar-refractivity contribution >= 4 is 16.7 Å². The fourth-order valence-electron chi connectivity index (χ4n) is 4.47. The van der Waals surface area contributed by atoms with E-state index in [1.807, 2.05) is 25.6 Å². The van der Waals surface area contributed by atoms with Gasteiger partial charge in [0, 0.05) is 43.0 Å². The molecular weight excluding hydrogens is 407 g/mol. The lowest BCUT2D eigenvalue weighted by Gasteiger charge is -2.29. The smallest absolute Gasteiger partial charge is 0.165 e. The molecule has 0 unspecified atom stereocenters. The number of nitrogens with zero attached hydrogens (tertiary/aromatic N) is 5. The van der Waals surface area contributed by atoms with Gasteiger partial charge in [0.1, 0.15) is 11.5 Å². The van der Waals surface area contributed by atoms with E-state index in [1.54, 1.807) is 22.9 Å². The summed E-state index contributed by atoms with van der Waals surface area (Å²) in [5.74, 6) is 0.869. The third kappa shape index (κ3) is 3.92. The summed E-state index contributed by atoms with van der Waals surface area (Å²) in [6, 6.07) is 8.94. The molecule has 7 nitrogen and oxygen atoms in total. The number of aryl methyl sites for hydroxylation is 1. The molecule has 0 spiro atoms. The predicted molar refractivity (Wildman–Crippen MR) is 122 cm³/mol. The molecule has 1 aliphatic carbocycles. The van der Waals surface area contributed by atoms with Gasteiger partial charge in [0.2, 0.25) is 0 Å². The summed E-state index contributed by atoms with van der Waals surface area (Å²) in [7, 11) is 1.90. The second kappa shape index (κ2) is 8.61. The van der Waals surface area contributed by atoms with Gasteiger partial charge < -0.3 is 10.1 Å². The van der Waals surface area contributed by atoms with Gasteiger partial charge in [-0.3, -0.25) is 9.36 Å². The summed E-state index contributed by atoms with van der Waals surface area (Å²) in [6.07, 6.45) is 9.27. The van der Waals surface area contributed by atoms with Crippen LogP contribution in [0.2, 0.25) is 0 Å². The first-order valence-corrected chi connectivity index (χ1v) is 11.1. The minimum atomic E-state index is -0.308. The zero-order valence-electron chi connectivity index (χ0n) is 18.3. The molecule has 3 aromatic heterocycles. The maximum Gasteiger partial charge on any atom is 0.165 e. The predicted octanol–water partition coefficient (Wildman–Crippen LogP) is 4.97. The first-order chi connectivity index (χ1) is 15.6. The molecule has 0 aliphatic heterocycles. The molecular formula is C24H27FN6O. The van der Waals surface area contributed by atoms with Crippen LogP contribution in [-0.2, 0) is 7.05 Å². The van der Waals surface area contributed by atoms with Crippen molar-refractivity contribution in [1.82, 2.24) is 24.5 Å². The number of pyridine rings is 1. The van der Waals surface area contributed by atoms with E-state index in [1.165, 1.54) is 6.07 Å². The number of aromatic nitrogens is 5. The average molecular weight is 435 g/mol. The summed E-state index contributed by atoms with van der Waals surface area (Å²) < 4.78 is 23.8. The monoisotopic (exact) mass is 434 g/mol.